The molecule has 2 rings (SSSR count). The van der Waals surface area contributed by atoms with Crippen molar-refractivity contribution < 1.29 is 9.90 Å². The Balaban J connectivity index is 2.02. The number of aryl methyl sites for hydroxylation is 2. The molecule has 0 radical (unpaired) electrons. The molecule has 0 aliphatic heterocycles. The van der Waals surface area contributed by atoms with Crippen LogP contribution in [0.1, 0.15) is 32.7 Å². The van der Waals surface area contributed by atoms with E-state index in [2.05, 4.69) is 41.3 Å². The molecule has 106 valence electrons. The van der Waals surface area contributed by atoms with Crippen molar-refractivity contribution >= 4 is 23.3 Å². The number of carbonyl (C=O) groups is 1. The molecule has 0 saturated carbocycles. The predicted molar refractivity (Wildman–Crippen MR) is 79.6 cm³/mol. The second-order valence-electron chi connectivity index (χ2n) is 4.76. The standard InChI is InChI=1S/C14H17N3O2S/c1-8(6-11-5-4-9(2)20-11)16-14-15-7-12(13(18)19)10(3)17-14/h4-5,7-8H,6H2,1-3H3,(H,18,19)(H,15,16,17). The van der Waals surface area contributed by atoms with Crippen LogP contribution in [0, 0.1) is 13.8 Å². The van der Waals surface area contributed by atoms with E-state index in [1.54, 1.807) is 18.3 Å². The van der Waals surface area contributed by atoms with E-state index >= 15 is 0 Å². The summed E-state index contributed by atoms with van der Waals surface area (Å²) >= 11 is 1.78. The number of thiophene rings is 1. The average Bonchev–Trinajstić information content (AvgIpc) is 2.74. The number of carboxylic acid groups (broad SMARTS) is 1. The first-order valence-electron chi connectivity index (χ1n) is 6.34. The highest BCUT2D eigenvalue weighted by Gasteiger charge is 2.12. The second-order valence-corrected chi connectivity index (χ2v) is 6.13. The van der Waals surface area contributed by atoms with Gasteiger partial charge in [0.1, 0.15) is 0 Å². The van der Waals surface area contributed by atoms with E-state index in [1.807, 2.05) is 0 Å². The number of carboxylic acids is 1. The van der Waals surface area contributed by atoms with Gasteiger partial charge >= 0.3 is 5.97 Å². The minimum Gasteiger partial charge on any atom is -0.478 e. The minimum absolute atomic E-state index is 0.136. The molecule has 0 amide bonds. The average molecular weight is 291 g/mol. The summed E-state index contributed by atoms with van der Waals surface area (Å²) in [5.41, 5.74) is 0.603. The van der Waals surface area contributed by atoms with Crippen molar-refractivity contribution in [1.82, 2.24) is 9.97 Å². The van der Waals surface area contributed by atoms with Gasteiger partial charge in [-0.2, -0.15) is 0 Å². The van der Waals surface area contributed by atoms with Crippen molar-refractivity contribution in [2.24, 2.45) is 0 Å². The van der Waals surface area contributed by atoms with Gasteiger partial charge in [-0.25, -0.2) is 14.8 Å². The summed E-state index contributed by atoms with van der Waals surface area (Å²) in [5, 5.41) is 12.1. The zero-order valence-corrected chi connectivity index (χ0v) is 12.5. The molecule has 0 saturated heterocycles. The fraction of sp³-hybridized carbons (Fsp3) is 0.357. The normalized spacial score (nSPS) is 12.2. The Labute approximate surface area is 121 Å². The van der Waals surface area contributed by atoms with Crippen molar-refractivity contribution in [3.8, 4) is 0 Å². The Morgan fingerprint density at radius 1 is 1.45 bits per heavy atom. The second kappa shape index (κ2) is 6.00. The number of anilines is 1. The summed E-state index contributed by atoms with van der Waals surface area (Å²) in [5.74, 6) is -0.538. The Bertz CT molecular complexity index is 625. The van der Waals surface area contributed by atoms with Gasteiger partial charge in [0, 0.05) is 28.4 Å². The number of rotatable bonds is 5. The molecule has 20 heavy (non-hydrogen) atoms. The minimum atomic E-state index is -1.00. The summed E-state index contributed by atoms with van der Waals surface area (Å²) in [7, 11) is 0. The molecule has 0 bridgehead atoms. The van der Waals surface area contributed by atoms with Crippen LogP contribution >= 0.6 is 11.3 Å². The molecule has 0 aliphatic carbocycles. The highest BCUT2D eigenvalue weighted by molar-refractivity contribution is 7.11. The van der Waals surface area contributed by atoms with Gasteiger partial charge in [-0.15, -0.1) is 11.3 Å². The summed E-state index contributed by atoms with van der Waals surface area (Å²) in [4.78, 5) is 21.7. The van der Waals surface area contributed by atoms with Crippen molar-refractivity contribution in [2.75, 3.05) is 5.32 Å². The third-order valence-corrected chi connectivity index (χ3v) is 3.91. The molecule has 1 unspecified atom stereocenters. The monoisotopic (exact) mass is 291 g/mol. The molecule has 1 atom stereocenters. The van der Waals surface area contributed by atoms with Gasteiger partial charge in [0.15, 0.2) is 0 Å². The van der Waals surface area contributed by atoms with Gasteiger partial charge in [0.25, 0.3) is 0 Å². The number of hydrogen-bond acceptors (Lipinski definition) is 5. The smallest absolute Gasteiger partial charge is 0.339 e. The number of hydrogen-bond donors (Lipinski definition) is 2. The van der Waals surface area contributed by atoms with E-state index in [1.165, 1.54) is 16.0 Å². The van der Waals surface area contributed by atoms with Crippen molar-refractivity contribution in [3.05, 3.63) is 39.3 Å². The van der Waals surface area contributed by atoms with Crippen molar-refractivity contribution in [2.45, 2.75) is 33.2 Å². The van der Waals surface area contributed by atoms with E-state index < -0.39 is 5.97 Å². The fourth-order valence-electron chi connectivity index (χ4n) is 1.91. The largest absolute Gasteiger partial charge is 0.478 e. The van der Waals surface area contributed by atoms with E-state index in [-0.39, 0.29) is 11.6 Å². The third kappa shape index (κ3) is 3.54. The Morgan fingerprint density at radius 3 is 2.75 bits per heavy atom. The first-order valence-corrected chi connectivity index (χ1v) is 7.16. The molecule has 2 N–H and O–H groups in total. The lowest BCUT2D eigenvalue weighted by Gasteiger charge is -2.13. The molecule has 6 heteroatoms. The van der Waals surface area contributed by atoms with E-state index in [9.17, 15) is 4.79 Å². The molecule has 2 heterocycles. The van der Waals surface area contributed by atoms with Crippen LogP contribution in [0.2, 0.25) is 0 Å². The molecule has 2 aromatic heterocycles. The van der Waals surface area contributed by atoms with Gasteiger partial charge in [0.05, 0.1) is 11.3 Å². The molecular weight excluding hydrogens is 274 g/mol. The lowest BCUT2D eigenvalue weighted by atomic mass is 10.2. The van der Waals surface area contributed by atoms with Crippen LogP contribution in [-0.2, 0) is 6.42 Å². The van der Waals surface area contributed by atoms with Crippen LogP contribution < -0.4 is 5.32 Å². The zero-order valence-electron chi connectivity index (χ0n) is 11.7. The molecular formula is C14H17N3O2S. The van der Waals surface area contributed by atoms with Crippen molar-refractivity contribution in [1.29, 1.82) is 0 Å². The number of aromatic carboxylic acids is 1. The fourth-order valence-corrected chi connectivity index (χ4v) is 2.93. The Hall–Kier alpha value is -1.95. The summed E-state index contributed by atoms with van der Waals surface area (Å²) < 4.78 is 0. The highest BCUT2D eigenvalue weighted by Crippen LogP contribution is 2.18. The SMILES string of the molecule is Cc1ccc(CC(C)Nc2ncc(C(=O)O)c(C)n2)s1. The van der Waals surface area contributed by atoms with Gasteiger partial charge in [0.2, 0.25) is 5.95 Å². The maximum Gasteiger partial charge on any atom is 0.339 e. The zero-order chi connectivity index (χ0) is 14.7. The highest BCUT2D eigenvalue weighted by atomic mass is 32.1. The lowest BCUT2D eigenvalue weighted by Crippen LogP contribution is -2.20. The first-order chi connectivity index (χ1) is 9.45. The lowest BCUT2D eigenvalue weighted by molar-refractivity contribution is 0.0695. The first kappa shape index (κ1) is 14.5. The summed E-state index contributed by atoms with van der Waals surface area (Å²) in [6.45, 7) is 5.81. The Kier molecular flexibility index (Phi) is 4.34. The topological polar surface area (TPSA) is 75.1 Å². The number of nitrogens with zero attached hydrogens (tertiary/aromatic N) is 2. The summed E-state index contributed by atoms with van der Waals surface area (Å²) in [6, 6.07) is 4.41. The molecule has 0 aromatic carbocycles. The van der Waals surface area contributed by atoms with Crippen LogP contribution in [0.4, 0.5) is 5.95 Å². The predicted octanol–water partition coefficient (Wildman–Crippen LogP) is 2.90. The maximum atomic E-state index is 10.9. The van der Waals surface area contributed by atoms with Crippen LogP contribution in [0.15, 0.2) is 18.3 Å². The summed E-state index contributed by atoms with van der Waals surface area (Å²) in [6.07, 6.45) is 2.23. The number of nitrogens with one attached hydrogen (secondary N) is 1. The van der Waals surface area contributed by atoms with Gasteiger partial charge in [-0.3, -0.25) is 0 Å². The van der Waals surface area contributed by atoms with E-state index in [0.717, 1.165) is 6.42 Å². The van der Waals surface area contributed by atoms with E-state index in [4.69, 9.17) is 5.11 Å². The van der Waals surface area contributed by atoms with Crippen molar-refractivity contribution in [3.63, 3.8) is 0 Å². The third-order valence-electron chi connectivity index (χ3n) is 2.89. The quantitative estimate of drug-likeness (QED) is 0.886. The van der Waals surface area contributed by atoms with Crippen LogP contribution in [0.25, 0.3) is 0 Å². The molecule has 5 nitrogen and oxygen atoms in total. The van der Waals surface area contributed by atoms with Gasteiger partial charge < -0.3 is 10.4 Å². The number of aromatic nitrogens is 2. The van der Waals surface area contributed by atoms with E-state index in [0.29, 0.717) is 11.6 Å². The van der Waals surface area contributed by atoms with Crippen LogP contribution in [0.5, 0.6) is 0 Å². The van der Waals surface area contributed by atoms with Crippen LogP contribution in [-0.4, -0.2) is 27.1 Å². The molecule has 0 aliphatic rings. The van der Waals surface area contributed by atoms with Gasteiger partial charge in [-0.05, 0) is 32.9 Å². The molecule has 0 fully saturated rings. The molecule has 2 aromatic rings. The molecule has 0 spiro atoms. The Morgan fingerprint density at radius 2 is 2.20 bits per heavy atom. The van der Waals surface area contributed by atoms with Gasteiger partial charge in [-0.1, -0.05) is 0 Å². The van der Waals surface area contributed by atoms with Crippen LogP contribution in [0.3, 0.4) is 0 Å². The maximum absolute atomic E-state index is 10.9.